The summed E-state index contributed by atoms with van der Waals surface area (Å²) in [5.74, 6) is -0.976. The summed E-state index contributed by atoms with van der Waals surface area (Å²) in [5.41, 5.74) is 0. The number of hydrogen-bond acceptors (Lipinski definition) is 6. The highest BCUT2D eigenvalue weighted by atomic mass is 16.6. The van der Waals surface area contributed by atoms with E-state index in [1.165, 1.54) is 167 Å². The lowest BCUT2D eigenvalue weighted by Crippen LogP contribution is -2.30. The first-order chi connectivity index (χ1) is 32.5. The van der Waals surface area contributed by atoms with Crippen LogP contribution < -0.4 is 0 Å². The summed E-state index contributed by atoms with van der Waals surface area (Å²) >= 11 is 0. The monoisotopic (exact) mass is 921 g/mol. The minimum absolute atomic E-state index is 0.100. The van der Waals surface area contributed by atoms with Crippen LogP contribution in [0.1, 0.15) is 271 Å². The molecule has 0 N–H and O–H groups in total. The van der Waals surface area contributed by atoms with Gasteiger partial charge in [0.05, 0.1) is 0 Å². The van der Waals surface area contributed by atoms with Gasteiger partial charge in [0.25, 0.3) is 0 Å². The van der Waals surface area contributed by atoms with Crippen LogP contribution in [0.25, 0.3) is 0 Å². The molecule has 0 heterocycles. The van der Waals surface area contributed by atoms with Crippen molar-refractivity contribution in [3.05, 3.63) is 72.9 Å². The van der Waals surface area contributed by atoms with Crippen LogP contribution >= 0.6 is 0 Å². The highest BCUT2D eigenvalue weighted by Crippen LogP contribution is 2.16. The first-order valence-corrected chi connectivity index (χ1v) is 28.0. The second kappa shape index (κ2) is 54.5. The summed E-state index contributed by atoms with van der Waals surface area (Å²) in [6, 6.07) is 0. The Morgan fingerprint density at radius 1 is 0.318 bits per heavy atom. The van der Waals surface area contributed by atoms with Gasteiger partial charge in [-0.05, 0) is 57.8 Å². The van der Waals surface area contributed by atoms with E-state index >= 15 is 0 Å². The Labute approximate surface area is 408 Å². The molecule has 0 aliphatic rings. The molecular formula is C60H104O6. The van der Waals surface area contributed by atoms with E-state index in [0.29, 0.717) is 19.3 Å². The zero-order valence-corrected chi connectivity index (χ0v) is 43.4. The third-order valence-electron chi connectivity index (χ3n) is 12.1. The summed E-state index contributed by atoms with van der Waals surface area (Å²) in [6.07, 6.45) is 69.0. The van der Waals surface area contributed by atoms with Gasteiger partial charge in [0.15, 0.2) is 6.10 Å². The maximum absolute atomic E-state index is 12.8. The van der Waals surface area contributed by atoms with Crippen LogP contribution in [-0.4, -0.2) is 37.2 Å². The lowest BCUT2D eigenvalue weighted by molar-refractivity contribution is -0.167. The van der Waals surface area contributed by atoms with Crippen molar-refractivity contribution < 1.29 is 28.6 Å². The summed E-state index contributed by atoms with van der Waals surface area (Å²) in [7, 11) is 0. The topological polar surface area (TPSA) is 78.9 Å². The number of esters is 3. The van der Waals surface area contributed by atoms with E-state index < -0.39 is 6.10 Å². The Kier molecular flexibility index (Phi) is 51.9. The Morgan fingerprint density at radius 3 is 1.02 bits per heavy atom. The lowest BCUT2D eigenvalue weighted by Gasteiger charge is -2.18. The molecule has 66 heavy (non-hydrogen) atoms. The first kappa shape index (κ1) is 62.8. The summed E-state index contributed by atoms with van der Waals surface area (Å²) in [6.45, 7) is 6.45. The van der Waals surface area contributed by atoms with E-state index in [1.807, 2.05) is 54.7 Å². The Bertz CT molecular complexity index is 1240. The second-order valence-electron chi connectivity index (χ2n) is 18.6. The molecule has 6 nitrogen and oxygen atoms in total. The van der Waals surface area contributed by atoms with Gasteiger partial charge in [0, 0.05) is 19.3 Å². The summed E-state index contributed by atoms with van der Waals surface area (Å²) in [5, 5.41) is 0. The van der Waals surface area contributed by atoms with Crippen LogP contribution in [0, 0.1) is 0 Å². The van der Waals surface area contributed by atoms with Crippen molar-refractivity contribution in [1.82, 2.24) is 0 Å². The highest BCUT2D eigenvalue weighted by molar-refractivity contribution is 5.71. The number of ether oxygens (including phenoxy) is 3. The maximum atomic E-state index is 12.8. The number of carbonyl (C=O) groups is 3. The Balaban J connectivity index is 4.43. The minimum Gasteiger partial charge on any atom is -0.462 e. The van der Waals surface area contributed by atoms with E-state index in [4.69, 9.17) is 14.2 Å². The lowest BCUT2D eigenvalue weighted by atomic mass is 10.0. The number of unbranched alkanes of at least 4 members (excludes halogenated alkanes) is 31. The molecule has 0 aliphatic heterocycles. The molecule has 1 atom stereocenters. The molecule has 0 amide bonds. The van der Waals surface area contributed by atoms with Gasteiger partial charge in [-0.2, -0.15) is 0 Å². The average Bonchev–Trinajstić information content (AvgIpc) is 3.31. The first-order valence-electron chi connectivity index (χ1n) is 28.0. The molecule has 0 aliphatic carbocycles. The molecular weight excluding hydrogens is 817 g/mol. The van der Waals surface area contributed by atoms with Gasteiger partial charge in [0.1, 0.15) is 13.2 Å². The molecule has 1 unspecified atom stereocenters. The second-order valence-corrected chi connectivity index (χ2v) is 18.6. The zero-order chi connectivity index (χ0) is 47.9. The SMILES string of the molecule is CC/C=C/C=C/C=C/C=C/C=C/CCCC(=O)OCC(COC(=O)CCCCCCC/C=C/CCCCCCCCCCC)OC(=O)CCCCCCCCCCCCCCCCCCC. The maximum Gasteiger partial charge on any atom is 0.306 e. The molecule has 0 aromatic carbocycles. The van der Waals surface area contributed by atoms with Crippen molar-refractivity contribution in [2.75, 3.05) is 13.2 Å². The number of hydrogen-bond donors (Lipinski definition) is 0. The fraction of sp³-hybridized carbons (Fsp3) is 0.750. The molecule has 0 saturated carbocycles. The van der Waals surface area contributed by atoms with E-state index in [1.54, 1.807) is 0 Å². The van der Waals surface area contributed by atoms with E-state index in [0.717, 1.165) is 57.8 Å². The molecule has 0 rings (SSSR count). The molecule has 0 saturated heterocycles. The molecule has 0 spiro atoms. The standard InChI is InChI=1S/C60H104O6/c1-4-7-10-13-16-19-22-25-27-29-31-32-35-38-41-44-47-50-53-59(62)65-56-57(55-64-58(61)52-49-46-43-40-37-34-24-21-18-15-12-9-6-3)66-60(63)54-51-48-45-42-39-36-33-30-28-26-23-20-17-14-11-8-5-2/h9,12,15,18,21,24,31-32,34,37,40,43,57H,4-8,10-11,13-14,16-17,19-20,22-23,25-30,33,35-36,38-39,41-42,44-56H2,1-3H3/b12-9+,18-15+,24-21+,32-31+,37-34+,43-40+. The predicted molar refractivity (Wildman–Crippen MR) is 284 cm³/mol. The van der Waals surface area contributed by atoms with Crippen LogP contribution in [-0.2, 0) is 28.6 Å². The number of allylic oxidation sites excluding steroid dienone is 12. The zero-order valence-electron chi connectivity index (χ0n) is 43.4. The van der Waals surface area contributed by atoms with Crippen molar-refractivity contribution >= 4 is 17.9 Å². The number of carbonyl (C=O) groups excluding carboxylic acids is 3. The third-order valence-corrected chi connectivity index (χ3v) is 12.1. The molecule has 0 fully saturated rings. The third kappa shape index (κ3) is 51.8. The van der Waals surface area contributed by atoms with Gasteiger partial charge in [-0.3, -0.25) is 14.4 Å². The van der Waals surface area contributed by atoms with E-state index in [2.05, 4.69) is 39.0 Å². The minimum atomic E-state index is -0.805. The molecule has 0 aromatic heterocycles. The molecule has 380 valence electrons. The van der Waals surface area contributed by atoms with Gasteiger partial charge < -0.3 is 14.2 Å². The van der Waals surface area contributed by atoms with Crippen LogP contribution in [0.15, 0.2) is 72.9 Å². The van der Waals surface area contributed by atoms with Gasteiger partial charge >= 0.3 is 17.9 Å². The van der Waals surface area contributed by atoms with E-state index in [9.17, 15) is 14.4 Å². The molecule has 0 aromatic rings. The number of rotatable bonds is 50. The normalized spacial score (nSPS) is 12.6. The van der Waals surface area contributed by atoms with Crippen molar-refractivity contribution in [2.45, 2.75) is 277 Å². The fourth-order valence-electron chi connectivity index (χ4n) is 7.88. The molecule has 0 bridgehead atoms. The fourth-order valence-corrected chi connectivity index (χ4v) is 7.88. The van der Waals surface area contributed by atoms with Crippen LogP contribution in [0.2, 0.25) is 0 Å². The van der Waals surface area contributed by atoms with Gasteiger partial charge in [-0.25, -0.2) is 0 Å². The quantitative estimate of drug-likeness (QED) is 0.0199. The average molecular weight is 921 g/mol. The van der Waals surface area contributed by atoms with Crippen molar-refractivity contribution in [3.8, 4) is 0 Å². The Morgan fingerprint density at radius 2 is 0.621 bits per heavy atom. The molecule has 6 heteroatoms. The van der Waals surface area contributed by atoms with Crippen molar-refractivity contribution in [3.63, 3.8) is 0 Å². The largest absolute Gasteiger partial charge is 0.462 e. The van der Waals surface area contributed by atoms with E-state index in [-0.39, 0.29) is 37.5 Å². The van der Waals surface area contributed by atoms with Crippen LogP contribution in [0.5, 0.6) is 0 Å². The van der Waals surface area contributed by atoms with Gasteiger partial charge in [-0.1, -0.05) is 267 Å². The highest BCUT2D eigenvalue weighted by Gasteiger charge is 2.19. The Hall–Kier alpha value is -3.15. The predicted octanol–water partition coefficient (Wildman–Crippen LogP) is 18.6. The van der Waals surface area contributed by atoms with Gasteiger partial charge in [-0.15, -0.1) is 0 Å². The summed E-state index contributed by atoms with van der Waals surface area (Å²) < 4.78 is 16.8. The van der Waals surface area contributed by atoms with Crippen LogP contribution in [0.4, 0.5) is 0 Å². The van der Waals surface area contributed by atoms with Crippen LogP contribution in [0.3, 0.4) is 0 Å². The smallest absolute Gasteiger partial charge is 0.306 e. The van der Waals surface area contributed by atoms with Crippen molar-refractivity contribution in [1.29, 1.82) is 0 Å². The summed E-state index contributed by atoms with van der Waals surface area (Å²) in [4.78, 5) is 38.1. The molecule has 0 radical (unpaired) electrons. The van der Waals surface area contributed by atoms with Gasteiger partial charge in [0.2, 0.25) is 0 Å². The van der Waals surface area contributed by atoms with Crippen molar-refractivity contribution in [2.24, 2.45) is 0 Å².